The molecule has 0 saturated carbocycles. The molecule has 1 aliphatic heterocycles. The quantitative estimate of drug-likeness (QED) is 0.411. The Balaban J connectivity index is 2.31. The number of imide groups is 1. The monoisotopic (exact) mass is 339 g/mol. The van der Waals surface area contributed by atoms with Crippen molar-refractivity contribution < 1.29 is 9.59 Å². The molecule has 0 unspecified atom stereocenters. The minimum atomic E-state index is -1.73. The Morgan fingerprint density at radius 1 is 1.32 bits per heavy atom. The number of carbonyl (C=O) groups excluding carboxylic acids is 2. The summed E-state index contributed by atoms with van der Waals surface area (Å²) in [5.41, 5.74) is 1.30. The zero-order chi connectivity index (χ0) is 14.4. The zero-order valence-corrected chi connectivity index (χ0v) is 13.5. The van der Waals surface area contributed by atoms with Gasteiger partial charge in [0.25, 0.3) is 9.03 Å². The molecule has 104 valence electrons. The average Bonchev–Trinajstić information content (AvgIpc) is 2.24. The maximum Gasteiger partial charge on any atom is 0.267 e. The first-order valence-corrected chi connectivity index (χ1v) is 7.54. The van der Waals surface area contributed by atoms with E-state index in [0.717, 1.165) is 9.88 Å². The van der Waals surface area contributed by atoms with Gasteiger partial charge in [-0.3, -0.25) is 9.59 Å². The van der Waals surface area contributed by atoms with Gasteiger partial charge in [-0.1, -0.05) is 60.8 Å². The van der Waals surface area contributed by atoms with E-state index in [1.807, 2.05) is 26.0 Å². The lowest BCUT2D eigenvalue weighted by Crippen LogP contribution is -2.40. The predicted octanol–water partition coefficient (Wildman–Crippen LogP) is 4.00. The summed E-state index contributed by atoms with van der Waals surface area (Å²) >= 11 is 17.6. The average molecular weight is 341 g/mol. The first-order valence-electron chi connectivity index (χ1n) is 5.63. The van der Waals surface area contributed by atoms with Gasteiger partial charge in [-0.25, -0.2) is 4.31 Å². The van der Waals surface area contributed by atoms with Gasteiger partial charge in [0.2, 0.25) is 5.91 Å². The Labute approximate surface area is 131 Å². The van der Waals surface area contributed by atoms with Gasteiger partial charge in [-0.05, 0) is 17.4 Å². The van der Waals surface area contributed by atoms with Crippen LogP contribution in [-0.2, 0) is 9.59 Å². The number of hydrogen-bond acceptors (Lipinski definition) is 3. The third-order valence-corrected chi connectivity index (χ3v) is 4.34. The molecule has 0 N–H and O–H groups in total. The fourth-order valence-corrected chi connectivity index (χ4v) is 3.29. The molecule has 0 fully saturated rings. The number of amides is 2. The summed E-state index contributed by atoms with van der Waals surface area (Å²) in [6.07, 6.45) is 4.62. The second-order valence-electron chi connectivity index (χ2n) is 5.21. The molecule has 0 atom stereocenters. The fraction of sp³-hybridized carbons (Fsp3) is 0.500. The van der Waals surface area contributed by atoms with Crippen LogP contribution in [0.4, 0.5) is 0 Å². The number of rotatable bonds is 1. The van der Waals surface area contributed by atoms with Crippen LogP contribution in [-0.4, -0.2) is 19.2 Å². The minimum Gasteiger partial charge on any atom is -0.273 e. The van der Waals surface area contributed by atoms with Gasteiger partial charge in [-0.2, -0.15) is 0 Å². The van der Waals surface area contributed by atoms with Crippen LogP contribution in [0.25, 0.3) is 0 Å². The van der Waals surface area contributed by atoms with Crippen LogP contribution < -0.4 is 0 Å². The van der Waals surface area contributed by atoms with Gasteiger partial charge < -0.3 is 0 Å². The van der Waals surface area contributed by atoms with E-state index in [-0.39, 0.29) is 23.7 Å². The standard InChI is InChI=1S/C12H12Cl3NO2S/c1-11(2)4-3-7-5-9(17)16(19-12(13,14)15)10(18)8(7)6-11/h3-4H,5-6H2,1-2H3. The molecule has 0 spiro atoms. The van der Waals surface area contributed by atoms with Gasteiger partial charge in [0, 0.05) is 17.5 Å². The molecule has 2 amide bonds. The van der Waals surface area contributed by atoms with Gasteiger partial charge in [0.05, 0.1) is 6.42 Å². The molecule has 7 heteroatoms. The molecule has 1 heterocycles. The third-order valence-electron chi connectivity index (χ3n) is 2.96. The largest absolute Gasteiger partial charge is 0.273 e. The number of hydrogen-bond donors (Lipinski definition) is 0. The molecule has 3 nitrogen and oxygen atoms in total. The first kappa shape index (κ1) is 15.2. The number of allylic oxidation sites excluding steroid dienone is 2. The molecule has 2 rings (SSSR count). The van der Waals surface area contributed by atoms with Crippen LogP contribution in [0.3, 0.4) is 0 Å². The van der Waals surface area contributed by atoms with Crippen LogP contribution >= 0.6 is 46.8 Å². The molecule has 0 aromatic carbocycles. The maximum atomic E-state index is 12.4. The summed E-state index contributed by atoms with van der Waals surface area (Å²) in [5.74, 6) is -0.732. The Bertz CT molecular complexity index is 506. The number of carbonyl (C=O) groups is 2. The Kier molecular flexibility index (Phi) is 4.00. The second kappa shape index (κ2) is 4.99. The van der Waals surface area contributed by atoms with Gasteiger partial charge >= 0.3 is 0 Å². The molecule has 19 heavy (non-hydrogen) atoms. The lowest BCUT2D eigenvalue weighted by Gasteiger charge is -2.34. The third kappa shape index (κ3) is 3.48. The Morgan fingerprint density at radius 3 is 2.53 bits per heavy atom. The van der Waals surface area contributed by atoms with E-state index >= 15 is 0 Å². The van der Waals surface area contributed by atoms with E-state index in [1.165, 1.54) is 0 Å². The van der Waals surface area contributed by atoms with Crippen molar-refractivity contribution in [3.63, 3.8) is 0 Å². The van der Waals surface area contributed by atoms with Gasteiger partial charge in [-0.15, -0.1) is 0 Å². The highest BCUT2D eigenvalue weighted by Crippen LogP contribution is 2.45. The summed E-state index contributed by atoms with van der Waals surface area (Å²) in [6.45, 7) is 4.06. The molecule has 0 aromatic rings. The number of halogens is 3. The van der Waals surface area contributed by atoms with Crippen molar-refractivity contribution in [1.29, 1.82) is 0 Å². The summed E-state index contributed by atoms with van der Waals surface area (Å²) in [4.78, 5) is 24.3. The van der Waals surface area contributed by atoms with Crippen molar-refractivity contribution in [3.8, 4) is 0 Å². The van der Waals surface area contributed by atoms with E-state index in [0.29, 0.717) is 23.9 Å². The van der Waals surface area contributed by atoms with Crippen molar-refractivity contribution in [2.24, 2.45) is 5.41 Å². The maximum absolute atomic E-state index is 12.4. The predicted molar refractivity (Wildman–Crippen MR) is 78.9 cm³/mol. The molecule has 0 bridgehead atoms. The lowest BCUT2D eigenvalue weighted by atomic mass is 9.77. The van der Waals surface area contributed by atoms with Crippen LogP contribution in [0.15, 0.2) is 23.3 Å². The fourth-order valence-electron chi connectivity index (χ4n) is 2.10. The molecular weight excluding hydrogens is 329 g/mol. The van der Waals surface area contributed by atoms with Crippen LogP contribution in [0, 0.1) is 5.41 Å². The van der Waals surface area contributed by atoms with Crippen LogP contribution in [0.1, 0.15) is 26.7 Å². The minimum absolute atomic E-state index is 0.106. The summed E-state index contributed by atoms with van der Waals surface area (Å²) in [5, 5.41) is 0. The van der Waals surface area contributed by atoms with Crippen molar-refractivity contribution in [3.05, 3.63) is 23.3 Å². The molecule has 1 aliphatic carbocycles. The molecular formula is C12H12Cl3NO2S. The topological polar surface area (TPSA) is 37.4 Å². The van der Waals surface area contributed by atoms with E-state index in [9.17, 15) is 9.59 Å². The highest BCUT2D eigenvalue weighted by atomic mass is 35.6. The summed E-state index contributed by atoms with van der Waals surface area (Å²) in [6, 6.07) is 0. The van der Waals surface area contributed by atoms with E-state index in [4.69, 9.17) is 34.8 Å². The number of alkyl halides is 3. The SMILES string of the molecule is CC1(C)C=CC2=C(C1)C(=O)N(SC(Cl)(Cl)Cl)C(=O)C2. The van der Waals surface area contributed by atoms with Crippen LogP contribution in [0.5, 0.6) is 0 Å². The van der Waals surface area contributed by atoms with Crippen molar-refractivity contribution in [2.45, 2.75) is 29.8 Å². The smallest absolute Gasteiger partial charge is 0.267 e. The lowest BCUT2D eigenvalue weighted by molar-refractivity contribution is -0.136. The molecule has 0 radical (unpaired) electrons. The highest BCUT2D eigenvalue weighted by molar-refractivity contribution is 8.03. The normalized spacial score (nSPS) is 22.9. The molecule has 0 aromatic heterocycles. The van der Waals surface area contributed by atoms with Crippen molar-refractivity contribution in [2.75, 3.05) is 0 Å². The summed E-state index contributed by atoms with van der Waals surface area (Å²) in [7, 11) is 0. The zero-order valence-electron chi connectivity index (χ0n) is 10.4. The Hall–Kier alpha value is -0.160. The second-order valence-corrected chi connectivity index (χ2v) is 9.32. The van der Waals surface area contributed by atoms with Crippen molar-refractivity contribution >= 4 is 58.6 Å². The summed E-state index contributed by atoms with van der Waals surface area (Å²) < 4.78 is -0.773. The Morgan fingerprint density at radius 2 is 1.95 bits per heavy atom. The van der Waals surface area contributed by atoms with Crippen molar-refractivity contribution in [1.82, 2.24) is 4.31 Å². The number of nitrogens with zero attached hydrogens (tertiary/aromatic N) is 1. The highest BCUT2D eigenvalue weighted by Gasteiger charge is 2.40. The van der Waals surface area contributed by atoms with E-state index < -0.39 is 3.12 Å². The first-order chi connectivity index (χ1) is 8.59. The molecule has 0 saturated heterocycles. The van der Waals surface area contributed by atoms with Gasteiger partial charge in [0.1, 0.15) is 0 Å². The van der Waals surface area contributed by atoms with E-state index in [2.05, 4.69) is 0 Å². The van der Waals surface area contributed by atoms with Gasteiger partial charge in [0.15, 0.2) is 0 Å². The van der Waals surface area contributed by atoms with Crippen LogP contribution in [0.2, 0.25) is 0 Å². The van der Waals surface area contributed by atoms with E-state index in [1.54, 1.807) is 0 Å². The molecule has 2 aliphatic rings.